The number of ether oxygens (including phenoxy) is 1. The third-order valence-corrected chi connectivity index (χ3v) is 5.96. The van der Waals surface area contributed by atoms with Gasteiger partial charge in [0.05, 0.1) is 4.90 Å². The summed E-state index contributed by atoms with van der Waals surface area (Å²) in [7, 11) is -2.03. The van der Waals surface area contributed by atoms with Crippen LogP contribution in [0.1, 0.15) is 25.3 Å². The number of hydrogen-bond acceptors (Lipinski definition) is 4. The van der Waals surface area contributed by atoms with Gasteiger partial charge in [-0.25, -0.2) is 8.42 Å². The molecule has 1 saturated heterocycles. The zero-order valence-electron chi connectivity index (χ0n) is 13.9. The third kappa shape index (κ3) is 4.10. The van der Waals surface area contributed by atoms with Crippen LogP contribution in [-0.2, 0) is 19.6 Å². The molecule has 0 spiro atoms. The summed E-state index contributed by atoms with van der Waals surface area (Å²) in [4.78, 5) is 13.7. The Labute approximate surface area is 138 Å². The normalized spacial score (nSPS) is 16.8. The van der Waals surface area contributed by atoms with Gasteiger partial charge in [0, 0.05) is 33.3 Å². The van der Waals surface area contributed by atoms with Gasteiger partial charge in [-0.15, -0.1) is 0 Å². The summed E-state index contributed by atoms with van der Waals surface area (Å²) >= 11 is 0. The second-order valence-electron chi connectivity index (χ2n) is 5.94. The molecule has 128 valence electrons. The third-order valence-electron chi connectivity index (χ3n) is 4.04. The smallest absolute Gasteiger partial charge is 0.248 e. The standard InChI is InChI=1S/C16H24N2O4S/c1-13(2)14-4-6-15(7-5-14)23(20,21)18-10-8-17(9-11-18)16(19)12-22-3/h4-7,13H,8-12H2,1-3H3. The van der Waals surface area contributed by atoms with E-state index in [-0.39, 0.29) is 12.5 Å². The van der Waals surface area contributed by atoms with Gasteiger partial charge in [0.15, 0.2) is 0 Å². The number of benzene rings is 1. The van der Waals surface area contributed by atoms with E-state index in [0.29, 0.717) is 37.0 Å². The monoisotopic (exact) mass is 340 g/mol. The Kier molecular flexibility index (Phi) is 5.78. The molecule has 0 saturated carbocycles. The number of carbonyl (C=O) groups excluding carboxylic acids is 1. The van der Waals surface area contributed by atoms with Crippen molar-refractivity contribution in [3.8, 4) is 0 Å². The van der Waals surface area contributed by atoms with Crippen LogP contribution in [0.5, 0.6) is 0 Å². The first-order valence-electron chi connectivity index (χ1n) is 7.73. The minimum absolute atomic E-state index is 0.0312. The summed E-state index contributed by atoms with van der Waals surface area (Å²) in [6.07, 6.45) is 0. The van der Waals surface area contributed by atoms with Crippen LogP contribution in [-0.4, -0.2) is 63.4 Å². The first-order chi connectivity index (χ1) is 10.9. The fourth-order valence-electron chi connectivity index (χ4n) is 2.57. The Morgan fingerprint density at radius 2 is 1.70 bits per heavy atom. The number of carbonyl (C=O) groups is 1. The van der Waals surface area contributed by atoms with Crippen LogP contribution in [0.4, 0.5) is 0 Å². The van der Waals surface area contributed by atoms with Gasteiger partial charge in [-0.05, 0) is 23.6 Å². The van der Waals surface area contributed by atoms with Crippen LogP contribution >= 0.6 is 0 Å². The van der Waals surface area contributed by atoms with E-state index in [1.54, 1.807) is 17.0 Å². The molecule has 0 aromatic heterocycles. The first-order valence-corrected chi connectivity index (χ1v) is 9.17. The van der Waals surface area contributed by atoms with Crippen molar-refractivity contribution in [3.63, 3.8) is 0 Å². The summed E-state index contributed by atoms with van der Waals surface area (Å²) in [6, 6.07) is 7.03. The van der Waals surface area contributed by atoms with E-state index in [1.807, 2.05) is 12.1 Å². The lowest BCUT2D eigenvalue weighted by Gasteiger charge is -2.33. The van der Waals surface area contributed by atoms with Gasteiger partial charge >= 0.3 is 0 Å². The highest BCUT2D eigenvalue weighted by Gasteiger charge is 2.29. The molecule has 0 atom stereocenters. The Morgan fingerprint density at radius 3 is 2.17 bits per heavy atom. The maximum atomic E-state index is 12.7. The van der Waals surface area contributed by atoms with Crippen LogP contribution in [0.2, 0.25) is 0 Å². The lowest BCUT2D eigenvalue weighted by molar-refractivity contribution is -0.136. The molecule has 1 fully saturated rings. The summed E-state index contributed by atoms with van der Waals surface area (Å²) in [5, 5.41) is 0. The largest absolute Gasteiger partial charge is 0.375 e. The lowest BCUT2D eigenvalue weighted by Crippen LogP contribution is -2.51. The second kappa shape index (κ2) is 7.42. The predicted octanol–water partition coefficient (Wildman–Crippen LogP) is 1.29. The van der Waals surface area contributed by atoms with E-state index in [9.17, 15) is 13.2 Å². The highest BCUT2D eigenvalue weighted by Crippen LogP contribution is 2.21. The number of sulfonamides is 1. The van der Waals surface area contributed by atoms with Crippen LogP contribution < -0.4 is 0 Å². The van der Waals surface area contributed by atoms with Gasteiger partial charge in [0.25, 0.3) is 0 Å². The van der Waals surface area contributed by atoms with Crippen molar-refractivity contribution >= 4 is 15.9 Å². The van der Waals surface area contributed by atoms with Gasteiger partial charge in [-0.1, -0.05) is 26.0 Å². The lowest BCUT2D eigenvalue weighted by atomic mass is 10.0. The number of methoxy groups -OCH3 is 1. The molecule has 0 bridgehead atoms. The van der Waals surface area contributed by atoms with Crippen molar-refractivity contribution in [2.24, 2.45) is 0 Å². The molecule has 1 amide bonds. The van der Waals surface area contributed by atoms with Crippen LogP contribution in [0.3, 0.4) is 0 Å². The SMILES string of the molecule is COCC(=O)N1CCN(S(=O)(=O)c2ccc(C(C)C)cc2)CC1. The molecule has 1 aromatic carbocycles. The van der Waals surface area contributed by atoms with Crippen molar-refractivity contribution in [1.29, 1.82) is 0 Å². The second-order valence-corrected chi connectivity index (χ2v) is 7.88. The van der Waals surface area contributed by atoms with E-state index in [2.05, 4.69) is 13.8 Å². The van der Waals surface area contributed by atoms with Crippen LogP contribution in [0.15, 0.2) is 29.2 Å². The van der Waals surface area contributed by atoms with Crippen molar-refractivity contribution in [2.75, 3.05) is 39.9 Å². The molecule has 0 unspecified atom stereocenters. The minimum Gasteiger partial charge on any atom is -0.375 e. The molecule has 1 aliphatic rings. The summed E-state index contributed by atoms with van der Waals surface area (Å²) < 4.78 is 31.6. The number of amides is 1. The van der Waals surface area contributed by atoms with Gasteiger partial charge < -0.3 is 9.64 Å². The highest BCUT2D eigenvalue weighted by atomic mass is 32.2. The van der Waals surface area contributed by atoms with E-state index in [0.717, 1.165) is 5.56 Å². The zero-order chi connectivity index (χ0) is 17.0. The van der Waals surface area contributed by atoms with Gasteiger partial charge in [0.1, 0.15) is 6.61 Å². The Morgan fingerprint density at radius 1 is 1.13 bits per heavy atom. The fourth-order valence-corrected chi connectivity index (χ4v) is 3.99. The maximum absolute atomic E-state index is 12.7. The summed E-state index contributed by atoms with van der Waals surface area (Å²) in [6.45, 7) is 5.58. The topological polar surface area (TPSA) is 66.9 Å². The maximum Gasteiger partial charge on any atom is 0.248 e. The molecule has 2 rings (SSSR count). The van der Waals surface area contributed by atoms with Gasteiger partial charge in [0.2, 0.25) is 15.9 Å². The molecule has 7 heteroatoms. The summed E-state index contributed by atoms with van der Waals surface area (Å²) in [5.74, 6) is 0.257. The van der Waals surface area contributed by atoms with E-state index >= 15 is 0 Å². The molecular weight excluding hydrogens is 316 g/mol. The number of hydrogen-bond donors (Lipinski definition) is 0. The molecule has 0 aliphatic carbocycles. The molecule has 1 aliphatic heterocycles. The average molecular weight is 340 g/mol. The van der Waals surface area contributed by atoms with Gasteiger partial charge in [-0.2, -0.15) is 4.31 Å². The van der Waals surface area contributed by atoms with Crippen molar-refractivity contribution in [1.82, 2.24) is 9.21 Å². The summed E-state index contributed by atoms with van der Waals surface area (Å²) in [5.41, 5.74) is 1.11. The quantitative estimate of drug-likeness (QED) is 0.810. The molecule has 0 radical (unpaired) electrons. The molecule has 6 nitrogen and oxygen atoms in total. The van der Waals surface area contributed by atoms with Gasteiger partial charge in [-0.3, -0.25) is 4.79 Å². The molecule has 23 heavy (non-hydrogen) atoms. The van der Waals surface area contributed by atoms with E-state index in [1.165, 1.54) is 11.4 Å². The van der Waals surface area contributed by atoms with Crippen LogP contribution in [0, 0.1) is 0 Å². The number of piperazine rings is 1. The van der Waals surface area contributed by atoms with Crippen molar-refractivity contribution < 1.29 is 17.9 Å². The Hall–Kier alpha value is -1.44. The first kappa shape index (κ1) is 17.9. The molecular formula is C16H24N2O4S. The van der Waals surface area contributed by atoms with E-state index in [4.69, 9.17) is 4.74 Å². The fraction of sp³-hybridized carbons (Fsp3) is 0.562. The Balaban J connectivity index is 2.05. The molecule has 0 N–H and O–H groups in total. The highest BCUT2D eigenvalue weighted by molar-refractivity contribution is 7.89. The number of rotatable bonds is 5. The Bertz CT molecular complexity index is 633. The van der Waals surface area contributed by atoms with Crippen molar-refractivity contribution in [2.45, 2.75) is 24.7 Å². The minimum atomic E-state index is -3.50. The number of nitrogens with zero attached hydrogens (tertiary/aromatic N) is 2. The molecule has 1 heterocycles. The predicted molar refractivity (Wildman–Crippen MR) is 87.7 cm³/mol. The molecule has 1 aromatic rings. The zero-order valence-corrected chi connectivity index (χ0v) is 14.7. The van der Waals surface area contributed by atoms with Crippen molar-refractivity contribution in [3.05, 3.63) is 29.8 Å². The average Bonchev–Trinajstić information content (AvgIpc) is 2.55. The van der Waals surface area contributed by atoms with Crippen LogP contribution in [0.25, 0.3) is 0 Å². The van der Waals surface area contributed by atoms with E-state index < -0.39 is 10.0 Å².